The van der Waals surface area contributed by atoms with Gasteiger partial charge in [-0.2, -0.15) is 0 Å². The summed E-state index contributed by atoms with van der Waals surface area (Å²) in [7, 11) is 1.28. The molecule has 0 bridgehead atoms. The lowest BCUT2D eigenvalue weighted by Crippen LogP contribution is -2.60. The molecular weight excluding hydrogens is 262 g/mol. The van der Waals surface area contributed by atoms with E-state index in [0.717, 1.165) is 12.8 Å². The second-order valence-electron chi connectivity index (χ2n) is 5.83. The number of carboxylic acid groups (broad SMARTS) is 1. The fourth-order valence-electron chi connectivity index (χ4n) is 3.97. The van der Waals surface area contributed by atoms with Crippen LogP contribution in [-0.2, 0) is 9.53 Å². The number of nitrogens with zero attached hydrogens (tertiary/aromatic N) is 1. The summed E-state index contributed by atoms with van der Waals surface area (Å²) in [5, 5.41) is 19.2. The van der Waals surface area contributed by atoms with Crippen LogP contribution in [0, 0.1) is 11.8 Å². The van der Waals surface area contributed by atoms with Crippen LogP contribution >= 0.6 is 0 Å². The summed E-state index contributed by atoms with van der Waals surface area (Å²) >= 11 is 0. The molecule has 1 heterocycles. The molecule has 2 rings (SSSR count). The van der Waals surface area contributed by atoms with E-state index in [1.54, 1.807) is 0 Å². The summed E-state index contributed by atoms with van der Waals surface area (Å²) in [4.78, 5) is 24.9. The molecular formula is C14H23NO5. The lowest BCUT2D eigenvalue weighted by Gasteiger charge is -2.50. The molecule has 5 atom stereocenters. The molecule has 6 heteroatoms. The Hall–Kier alpha value is -1.30. The summed E-state index contributed by atoms with van der Waals surface area (Å²) in [5.74, 6) is -0.559. The van der Waals surface area contributed by atoms with Crippen LogP contribution in [0.5, 0.6) is 0 Å². The first-order chi connectivity index (χ1) is 9.49. The lowest BCUT2D eigenvalue weighted by molar-refractivity contribution is -0.149. The normalized spacial score (nSPS) is 37.1. The number of likely N-dealkylation sites (tertiary alicyclic amines) is 1. The van der Waals surface area contributed by atoms with E-state index >= 15 is 0 Å². The Labute approximate surface area is 118 Å². The Morgan fingerprint density at radius 3 is 2.55 bits per heavy atom. The highest BCUT2D eigenvalue weighted by Crippen LogP contribution is 2.43. The van der Waals surface area contributed by atoms with E-state index in [1.165, 1.54) is 12.0 Å². The van der Waals surface area contributed by atoms with Crippen LogP contribution in [0.4, 0.5) is 4.79 Å². The predicted molar refractivity (Wildman–Crippen MR) is 71.2 cm³/mol. The molecule has 0 aromatic heterocycles. The van der Waals surface area contributed by atoms with Crippen LogP contribution in [0.2, 0.25) is 0 Å². The maximum atomic E-state index is 12.0. The highest BCUT2D eigenvalue weighted by molar-refractivity contribution is 5.80. The largest absolute Gasteiger partial charge is 0.480 e. The molecule has 0 aromatic carbocycles. The second kappa shape index (κ2) is 5.99. The molecule has 6 nitrogen and oxygen atoms in total. The standard InChI is InChI=1S/C14H23NO5/c1-3-11-10-5-4-9(16)6-8(10)7-12(13(17)18)15(11)14(19)20-2/h8-12,16H,3-7H2,1-2H3,(H,17,18)/t8-,9-,10-,11?,12+/m1/s1. The van der Waals surface area contributed by atoms with Gasteiger partial charge in [0.1, 0.15) is 6.04 Å². The van der Waals surface area contributed by atoms with Gasteiger partial charge in [-0.15, -0.1) is 0 Å². The van der Waals surface area contributed by atoms with Gasteiger partial charge in [0.2, 0.25) is 0 Å². The summed E-state index contributed by atoms with van der Waals surface area (Å²) in [6, 6.07) is -0.964. The molecule has 0 aromatic rings. The highest BCUT2D eigenvalue weighted by atomic mass is 16.5. The van der Waals surface area contributed by atoms with Crippen molar-refractivity contribution in [2.45, 2.75) is 57.2 Å². The Balaban J connectivity index is 2.29. The molecule has 1 unspecified atom stereocenters. The van der Waals surface area contributed by atoms with E-state index in [0.29, 0.717) is 19.3 Å². The molecule has 1 aliphatic carbocycles. The maximum Gasteiger partial charge on any atom is 0.410 e. The zero-order valence-corrected chi connectivity index (χ0v) is 12.0. The number of methoxy groups -OCH3 is 1. The SMILES string of the molecule is CCC1[C@@H]2CC[C@@H](O)C[C@@H]2C[C@@H](C(=O)O)N1C(=O)OC. The van der Waals surface area contributed by atoms with E-state index in [2.05, 4.69) is 0 Å². The number of piperidine rings is 1. The summed E-state index contributed by atoms with van der Waals surface area (Å²) < 4.78 is 4.78. The second-order valence-corrected chi connectivity index (χ2v) is 5.83. The van der Waals surface area contributed by atoms with E-state index < -0.39 is 18.1 Å². The van der Waals surface area contributed by atoms with Gasteiger partial charge in [-0.1, -0.05) is 6.92 Å². The Morgan fingerprint density at radius 1 is 1.30 bits per heavy atom. The van der Waals surface area contributed by atoms with Gasteiger partial charge in [0.15, 0.2) is 0 Å². The Morgan fingerprint density at radius 2 is 2.00 bits per heavy atom. The number of rotatable bonds is 2. The molecule has 114 valence electrons. The lowest BCUT2D eigenvalue weighted by atomic mass is 9.67. The Bertz CT molecular complexity index is 386. The fourth-order valence-corrected chi connectivity index (χ4v) is 3.97. The van der Waals surface area contributed by atoms with Crippen molar-refractivity contribution in [3.05, 3.63) is 0 Å². The van der Waals surface area contributed by atoms with Crippen molar-refractivity contribution in [1.29, 1.82) is 0 Å². The van der Waals surface area contributed by atoms with Gasteiger partial charge in [-0.25, -0.2) is 9.59 Å². The molecule has 2 fully saturated rings. The summed E-state index contributed by atoms with van der Waals surface area (Å²) in [6.45, 7) is 1.97. The molecule has 0 spiro atoms. The van der Waals surface area contributed by atoms with Crippen LogP contribution in [0.15, 0.2) is 0 Å². The van der Waals surface area contributed by atoms with Gasteiger partial charge in [0.25, 0.3) is 0 Å². The van der Waals surface area contributed by atoms with Crippen molar-refractivity contribution in [1.82, 2.24) is 4.90 Å². The van der Waals surface area contributed by atoms with Gasteiger partial charge in [-0.05, 0) is 43.9 Å². The first kappa shape index (κ1) is 15.1. The third-order valence-electron chi connectivity index (χ3n) is 4.82. The minimum atomic E-state index is -0.993. The maximum absolute atomic E-state index is 12.0. The van der Waals surface area contributed by atoms with E-state index in [1.807, 2.05) is 6.92 Å². The number of hydrogen-bond acceptors (Lipinski definition) is 4. The minimum Gasteiger partial charge on any atom is -0.480 e. The van der Waals surface area contributed by atoms with Gasteiger partial charge in [-0.3, -0.25) is 4.90 Å². The zero-order chi connectivity index (χ0) is 14.9. The fraction of sp³-hybridized carbons (Fsp3) is 0.857. The number of aliphatic hydroxyl groups is 1. The van der Waals surface area contributed by atoms with Crippen molar-refractivity contribution in [3.8, 4) is 0 Å². The van der Waals surface area contributed by atoms with Gasteiger partial charge >= 0.3 is 12.1 Å². The first-order valence-electron chi connectivity index (χ1n) is 7.26. The number of carbonyl (C=O) groups is 2. The zero-order valence-electron chi connectivity index (χ0n) is 12.0. The summed E-state index contributed by atoms with van der Waals surface area (Å²) in [5.41, 5.74) is 0. The number of aliphatic carboxylic acids is 1. The number of ether oxygens (including phenoxy) is 1. The molecule has 1 saturated heterocycles. The van der Waals surface area contributed by atoms with Crippen LogP contribution in [0.1, 0.15) is 39.0 Å². The van der Waals surface area contributed by atoms with Crippen LogP contribution in [0.25, 0.3) is 0 Å². The summed E-state index contributed by atoms with van der Waals surface area (Å²) in [6.07, 6.45) is 2.41. The monoisotopic (exact) mass is 285 g/mol. The number of hydrogen-bond donors (Lipinski definition) is 2. The van der Waals surface area contributed by atoms with Crippen LogP contribution < -0.4 is 0 Å². The molecule has 1 amide bonds. The number of carboxylic acids is 1. The predicted octanol–water partition coefficient (Wildman–Crippen LogP) is 1.47. The van der Waals surface area contributed by atoms with Crippen LogP contribution in [-0.4, -0.2) is 52.5 Å². The third-order valence-corrected chi connectivity index (χ3v) is 4.82. The molecule has 0 radical (unpaired) electrons. The van der Waals surface area contributed by atoms with Gasteiger partial charge in [0.05, 0.1) is 13.2 Å². The Kier molecular flexibility index (Phi) is 4.52. The van der Waals surface area contributed by atoms with Crippen LogP contribution in [0.3, 0.4) is 0 Å². The number of amides is 1. The highest BCUT2D eigenvalue weighted by Gasteiger charge is 2.49. The smallest absolute Gasteiger partial charge is 0.410 e. The average Bonchev–Trinajstić information content (AvgIpc) is 2.43. The van der Waals surface area contributed by atoms with E-state index in [-0.39, 0.29) is 24.0 Å². The molecule has 1 saturated carbocycles. The molecule has 2 aliphatic rings. The minimum absolute atomic E-state index is 0.116. The van der Waals surface area contributed by atoms with Gasteiger partial charge < -0.3 is 14.9 Å². The van der Waals surface area contributed by atoms with Crippen molar-refractivity contribution < 1.29 is 24.5 Å². The average molecular weight is 285 g/mol. The number of fused-ring (bicyclic) bond motifs is 1. The number of carbonyl (C=O) groups excluding carboxylic acids is 1. The molecule has 1 aliphatic heterocycles. The first-order valence-corrected chi connectivity index (χ1v) is 7.26. The van der Waals surface area contributed by atoms with Gasteiger partial charge in [0, 0.05) is 6.04 Å². The van der Waals surface area contributed by atoms with Crippen molar-refractivity contribution in [3.63, 3.8) is 0 Å². The molecule has 2 N–H and O–H groups in total. The number of aliphatic hydroxyl groups excluding tert-OH is 1. The van der Waals surface area contributed by atoms with Crippen molar-refractivity contribution in [2.24, 2.45) is 11.8 Å². The van der Waals surface area contributed by atoms with Crippen molar-refractivity contribution >= 4 is 12.1 Å². The third kappa shape index (κ3) is 2.61. The topological polar surface area (TPSA) is 87.1 Å². The van der Waals surface area contributed by atoms with E-state index in [4.69, 9.17) is 4.74 Å². The van der Waals surface area contributed by atoms with E-state index in [9.17, 15) is 19.8 Å². The molecule has 20 heavy (non-hydrogen) atoms. The van der Waals surface area contributed by atoms with Crippen molar-refractivity contribution in [2.75, 3.05) is 7.11 Å². The quantitative estimate of drug-likeness (QED) is 0.802.